The van der Waals surface area contributed by atoms with Crippen molar-refractivity contribution in [3.05, 3.63) is 64.8 Å². The number of nitrogens with one attached hydrogen (secondary N) is 2. The van der Waals surface area contributed by atoms with Crippen LogP contribution in [0.3, 0.4) is 0 Å². The Balaban J connectivity index is 1.58. The van der Waals surface area contributed by atoms with Gasteiger partial charge in [0.05, 0.1) is 6.54 Å². The van der Waals surface area contributed by atoms with Gasteiger partial charge in [0.25, 0.3) is 5.91 Å². The Morgan fingerprint density at radius 1 is 1.30 bits per heavy atom. The highest BCUT2D eigenvalue weighted by Gasteiger charge is 2.20. The number of para-hydroxylation sites is 2. The van der Waals surface area contributed by atoms with E-state index in [4.69, 9.17) is 21.1 Å². The van der Waals surface area contributed by atoms with Crippen molar-refractivity contribution >= 4 is 23.2 Å². The van der Waals surface area contributed by atoms with Crippen LogP contribution in [0.1, 0.15) is 5.56 Å². The van der Waals surface area contributed by atoms with Crippen molar-refractivity contribution in [1.82, 2.24) is 5.32 Å². The third-order valence-corrected chi connectivity index (χ3v) is 4.45. The predicted molar refractivity (Wildman–Crippen MR) is 103 cm³/mol. The van der Waals surface area contributed by atoms with Crippen molar-refractivity contribution < 1.29 is 14.3 Å². The molecule has 1 aliphatic heterocycles. The molecule has 0 fully saturated rings. The Morgan fingerprint density at radius 3 is 2.85 bits per heavy atom. The first-order valence-electron chi connectivity index (χ1n) is 8.37. The van der Waals surface area contributed by atoms with Gasteiger partial charge in [0, 0.05) is 16.9 Å². The fraction of sp³-hybridized carbons (Fsp3) is 0.200. The molecule has 1 atom stereocenters. The van der Waals surface area contributed by atoms with E-state index in [0.29, 0.717) is 35.4 Å². The third-order valence-electron chi connectivity index (χ3n) is 4.04. The number of rotatable bonds is 5. The number of benzene rings is 2. The Bertz CT molecular complexity index is 921. The molecule has 0 radical (unpaired) electrons. The van der Waals surface area contributed by atoms with E-state index in [-0.39, 0.29) is 11.7 Å². The van der Waals surface area contributed by atoms with Gasteiger partial charge in [0.15, 0.2) is 11.5 Å². The number of fused-ring (bicyclic) bond motifs is 1. The molecule has 2 aromatic carbocycles. The minimum absolute atomic E-state index is 0.0495. The number of halogens is 1. The van der Waals surface area contributed by atoms with Crippen LogP contribution in [0.15, 0.2) is 54.2 Å². The highest BCUT2D eigenvalue weighted by molar-refractivity contribution is 6.31. The van der Waals surface area contributed by atoms with Gasteiger partial charge in [0.2, 0.25) is 0 Å². The molecular weight excluding hydrogens is 366 g/mol. The maximum Gasteiger partial charge on any atom is 0.267 e. The van der Waals surface area contributed by atoms with Gasteiger partial charge in [-0.25, -0.2) is 0 Å². The van der Waals surface area contributed by atoms with Crippen molar-refractivity contribution in [3.63, 3.8) is 0 Å². The quantitative estimate of drug-likeness (QED) is 0.610. The molecule has 1 amide bonds. The van der Waals surface area contributed by atoms with Crippen molar-refractivity contribution in [2.75, 3.05) is 18.5 Å². The van der Waals surface area contributed by atoms with Gasteiger partial charge in [-0.15, -0.1) is 0 Å². The first-order chi connectivity index (χ1) is 13.1. The maximum atomic E-state index is 12.3. The third kappa shape index (κ3) is 4.52. The summed E-state index contributed by atoms with van der Waals surface area (Å²) in [5.74, 6) is 0.869. The first-order valence-corrected chi connectivity index (χ1v) is 8.75. The molecule has 0 aromatic heterocycles. The number of ether oxygens (including phenoxy) is 2. The molecule has 0 spiro atoms. The highest BCUT2D eigenvalue weighted by Crippen LogP contribution is 2.30. The van der Waals surface area contributed by atoms with Crippen LogP contribution in [0.4, 0.5) is 5.69 Å². The van der Waals surface area contributed by atoms with Crippen LogP contribution in [0, 0.1) is 18.3 Å². The summed E-state index contributed by atoms with van der Waals surface area (Å²) in [6.45, 7) is 2.57. The predicted octanol–water partition coefficient (Wildman–Crippen LogP) is 3.42. The average molecular weight is 384 g/mol. The molecule has 6 nitrogen and oxygen atoms in total. The van der Waals surface area contributed by atoms with E-state index < -0.39 is 5.91 Å². The minimum Gasteiger partial charge on any atom is -0.486 e. The lowest BCUT2D eigenvalue weighted by Crippen LogP contribution is -2.37. The number of nitriles is 1. The molecule has 0 bridgehead atoms. The van der Waals surface area contributed by atoms with Gasteiger partial charge in [-0.3, -0.25) is 4.79 Å². The van der Waals surface area contributed by atoms with Gasteiger partial charge in [0.1, 0.15) is 24.4 Å². The molecule has 3 rings (SSSR count). The SMILES string of the molecule is Cc1c(Cl)cccc1NC(=O)/C(C#N)=C\NCC1COc2ccccc2O1. The summed E-state index contributed by atoms with van der Waals surface area (Å²) in [5.41, 5.74) is 1.25. The number of anilines is 1. The van der Waals surface area contributed by atoms with Gasteiger partial charge in [-0.2, -0.15) is 5.26 Å². The number of hydrogen-bond acceptors (Lipinski definition) is 5. The van der Waals surface area contributed by atoms with Crippen molar-refractivity contribution in [3.8, 4) is 17.6 Å². The smallest absolute Gasteiger partial charge is 0.267 e. The Kier molecular flexibility index (Phi) is 5.84. The summed E-state index contributed by atoms with van der Waals surface area (Å²) in [7, 11) is 0. The highest BCUT2D eigenvalue weighted by atomic mass is 35.5. The first kappa shape index (κ1) is 18.6. The lowest BCUT2D eigenvalue weighted by atomic mass is 10.2. The van der Waals surface area contributed by atoms with Gasteiger partial charge >= 0.3 is 0 Å². The zero-order valence-corrected chi connectivity index (χ0v) is 15.4. The Labute approximate surface area is 162 Å². The summed E-state index contributed by atoms with van der Waals surface area (Å²) in [6.07, 6.45) is 1.15. The minimum atomic E-state index is -0.512. The van der Waals surface area contributed by atoms with Crippen LogP contribution in [-0.2, 0) is 4.79 Å². The lowest BCUT2D eigenvalue weighted by molar-refractivity contribution is -0.112. The summed E-state index contributed by atoms with van der Waals surface area (Å²) in [4.78, 5) is 12.3. The maximum absolute atomic E-state index is 12.3. The molecular formula is C20H18ClN3O3. The molecule has 138 valence electrons. The molecule has 0 saturated carbocycles. The van der Waals surface area contributed by atoms with Crippen LogP contribution in [0.25, 0.3) is 0 Å². The van der Waals surface area contributed by atoms with E-state index in [1.165, 1.54) is 6.20 Å². The fourth-order valence-corrected chi connectivity index (χ4v) is 2.71. The van der Waals surface area contributed by atoms with Crippen LogP contribution in [-0.4, -0.2) is 25.2 Å². The molecule has 27 heavy (non-hydrogen) atoms. The summed E-state index contributed by atoms with van der Waals surface area (Å²) in [6, 6.07) is 14.5. The number of carbonyl (C=O) groups excluding carboxylic acids is 1. The van der Waals surface area contributed by atoms with E-state index >= 15 is 0 Å². The van der Waals surface area contributed by atoms with Crippen LogP contribution < -0.4 is 20.1 Å². The van der Waals surface area contributed by atoms with E-state index in [0.717, 1.165) is 5.56 Å². The summed E-state index contributed by atoms with van der Waals surface area (Å²) in [5, 5.41) is 15.5. The second-order valence-corrected chi connectivity index (χ2v) is 6.35. The number of hydrogen-bond donors (Lipinski definition) is 2. The second-order valence-electron chi connectivity index (χ2n) is 5.94. The molecule has 1 aliphatic rings. The van der Waals surface area contributed by atoms with Crippen molar-refractivity contribution in [1.29, 1.82) is 5.26 Å². The largest absolute Gasteiger partial charge is 0.486 e. The van der Waals surface area contributed by atoms with E-state index in [2.05, 4.69) is 10.6 Å². The standard InChI is InChI=1S/C20H18ClN3O3/c1-13-16(21)5-4-6-17(13)24-20(25)14(9-22)10-23-11-15-12-26-18-7-2-3-8-19(18)27-15/h2-8,10,15,23H,11-12H2,1H3,(H,24,25)/b14-10-. The monoisotopic (exact) mass is 383 g/mol. The zero-order valence-electron chi connectivity index (χ0n) is 14.7. The number of nitrogens with zero attached hydrogens (tertiary/aromatic N) is 1. The summed E-state index contributed by atoms with van der Waals surface area (Å²) < 4.78 is 11.4. The summed E-state index contributed by atoms with van der Waals surface area (Å²) >= 11 is 6.05. The van der Waals surface area contributed by atoms with E-state index in [1.807, 2.05) is 30.3 Å². The molecule has 2 N–H and O–H groups in total. The Hall–Kier alpha value is -3.17. The van der Waals surface area contributed by atoms with Crippen LogP contribution in [0.5, 0.6) is 11.5 Å². The fourth-order valence-electron chi connectivity index (χ4n) is 2.54. The topological polar surface area (TPSA) is 83.4 Å². The zero-order chi connectivity index (χ0) is 19.2. The number of amides is 1. The lowest BCUT2D eigenvalue weighted by Gasteiger charge is -2.26. The molecule has 0 aliphatic carbocycles. The average Bonchev–Trinajstić information content (AvgIpc) is 2.68. The molecule has 1 heterocycles. The van der Waals surface area contributed by atoms with Gasteiger partial charge in [-0.1, -0.05) is 29.8 Å². The Morgan fingerprint density at radius 2 is 2.07 bits per heavy atom. The molecule has 0 saturated heterocycles. The molecule has 7 heteroatoms. The second kappa shape index (κ2) is 8.47. The van der Waals surface area contributed by atoms with E-state index in [1.54, 1.807) is 25.1 Å². The van der Waals surface area contributed by atoms with Gasteiger partial charge < -0.3 is 20.1 Å². The number of carbonyl (C=O) groups is 1. The van der Waals surface area contributed by atoms with Crippen molar-refractivity contribution in [2.45, 2.75) is 13.0 Å². The molecule has 1 unspecified atom stereocenters. The van der Waals surface area contributed by atoms with Crippen molar-refractivity contribution in [2.24, 2.45) is 0 Å². The van der Waals surface area contributed by atoms with Gasteiger partial charge in [-0.05, 0) is 36.8 Å². The van der Waals surface area contributed by atoms with Crippen LogP contribution >= 0.6 is 11.6 Å². The normalized spacial score (nSPS) is 15.6. The van der Waals surface area contributed by atoms with Crippen LogP contribution in [0.2, 0.25) is 5.02 Å². The van der Waals surface area contributed by atoms with E-state index in [9.17, 15) is 10.1 Å². The molecule has 2 aromatic rings.